The van der Waals surface area contributed by atoms with Gasteiger partial charge in [0.25, 0.3) is 5.91 Å². The van der Waals surface area contributed by atoms with E-state index in [-0.39, 0.29) is 5.91 Å². The SMILES string of the molecule is CCOc1ccc(OCCNC(=O)c2ccc(OCc3csc(C)n3)cc2)cc1. The molecule has 1 heterocycles. The topological polar surface area (TPSA) is 69.7 Å². The largest absolute Gasteiger partial charge is 0.494 e. The Morgan fingerprint density at radius 3 is 2.21 bits per heavy atom. The maximum absolute atomic E-state index is 12.2. The van der Waals surface area contributed by atoms with Gasteiger partial charge in [0, 0.05) is 10.9 Å². The number of nitrogens with zero attached hydrogens (tertiary/aromatic N) is 1. The second-order valence-corrected chi connectivity index (χ2v) is 7.24. The third kappa shape index (κ3) is 6.50. The van der Waals surface area contributed by atoms with E-state index < -0.39 is 0 Å². The second kappa shape index (κ2) is 10.5. The molecule has 6 nitrogen and oxygen atoms in total. The van der Waals surface area contributed by atoms with Crippen LogP contribution in [0, 0.1) is 6.92 Å². The molecule has 2 aromatic carbocycles. The van der Waals surface area contributed by atoms with Crippen LogP contribution in [0.4, 0.5) is 0 Å². The zero-order chi connectivity index (χ0) is 20.5. The summed E-state index contributed by atoms with van der Waals surface area (Å²) < 4.78 is 16.7. The van der Waals surface area contributed by atoms with Crippen LogP contribution in [0.3, 0.4) is 0 Å². The first-order valence-electron chi connectivity index (χ1n) is 9.42. The maximum Gasteiger partial charge on any atom is 0.251 e. The molecule has 29 heavy (non-hydrogen) atoms. The highest BCUT2D eigenvalue weighted by Crippen LogP contribution is 2.17. The summed E-state index contributed by atoms with van der Waals surface area (Å²) in [6.07, 6.45) is 0. The third-order valence-electron chi connectivity index (χ3n) is 3.96. The van der Waals surface area contributed by atoms with E-state index in [1.54, 1.807) is 35.6 Å². The van der Waals surface area contributed by atoms with Crippen molar-refractivity contribution in [2.45, 2.75) is 20.5 Å². The summed E-state index contributed by atoms with van der Waals surface area (Å²) in [6.45, 7) is 5.74. The van der Waals surface area contributed by atoms with Crippen LogP contribution in [0.1, 0.15) is 28.0 Å². The number of amides is 1. The highest BCUT2D eigenvalue weighted by Gasteiger charge is 2.06. The molecule has 0 fully saturated rings. The fourth-order valence-electron chi connectivity index (χ4n) is 2.57. The lowest BCUT2D eigenvalue weighted by Gasteiger charge is -2.09. The van der Waals surface area contributed by atoms with Crippen LogP contribution < -0.4 is 19.5 Å². The van der Waals surface area contributed by atoms with Gasteiger partial charge >= 0.3 is 0 Å². The molecule has 3 aromatic rings. The van der Waals surface area contributed by atoms with E-state index >= 15 is 0 Å². The van der Waals surface area contributed by atoms with Crippen LogP contribution in [0.25, 0.3) is 0 Å². The lowest BCUT2D eigenvalue weighted by molar-refractivity contribution is 0.0947. The molecule has 0 saturated heterocycles. The molecule has 0 aliphatic heterocycles. The van der Waals surface area contributed by atoms with Gasteiger partial charge in [-0.1, -0.05) is 0 Å². The quantitative estimate of drug-likeness (QED) is 0.505. The molecule has 0 spiro atoms. The summed E-state index contributed by atoms with van der Waals surface area (Å²) in [5, 5.41) is 5.84. The van der Waals surface area contributed by atoms with Crippen LogP contribution >= 0.6 is 11.3 Å². The van der Waals surface area contributed by atoms with Crippen molar-refractivity contribution in [3.8, 4) is 17.2 Å². The van der Waals surface area contributed by atoms with Gasteiger partial charge in [0.15, 0.2) is 0 Å². The van der Waals surface area contributed by atoms with Crippen LogP contribution in [0.15, 0.2) is 53.9 Å². The van der Waals surface area contributed by atoms with Gasteiger partial charge in [0.05, 0.1) is 23.9 Å². The molecule has 3 rings (SSSR count). The zero-order valence-corrected chi connectivity index (χ0v) is 17.3. The van der Waals surface area contributed by atoms with Crippen LogP contribution in [0.2, 0.25) is 0 Å². The van der Waals surface area contributed by atoms with Crippen molar-refractivity contribution in [3.05, 3.63) is 70.2 Å². The number of nitrogens with one attached hydrogen (secondary N) is 1. The number of rotatable bonds is 10. The summed E-state index contributed by atoms with van der Waals surface area (Å²) in [7, 11) is 0. The predicted molar refractivity (Wildman–Crippen MR) is 113 cm³/mol. The highest BCUT2D eigenvalue weighted by atomic mass is 32.1. The summed E-state index contributed by atoms with van der Waals surface area (Å²) in [5.74, 6) is 2.09. The Morgan fingerprint density at radius 2 is 1.59 bits per heavy atom. The number of hydrogen-bond donors (Lipinski definition) is 1. The van der Waals surface area contributed by atoms with Crippen molar-refractivity contribution in [2.75, 3.05) is 19.8 Å². The van der Waals surface area contributed by atoms with Crippen LogP contribution in [0.5, 0.6) is 17.2 Å². The monoisotopic (exact) mass is 412 g/mol. The molecule has 0 radical (unpaired) electrons. The number of aromatic nitrogens is 1. The standard InChI is InChI=1S/C22H24N2O4S/c1-3-26-19-8-10-20(11-9-19)27-13-12-23-22(25)17-4-6-21(7-5-17)28-14-18-15-29-16(2)24-18/h4-11,15H,3,12-14H2,1-2H3,(H,23,25). The molecule has 152 valence electrons. The smallest absolute Gasteiger partial charge is 0.251 e. The van der Waals surface area contributed by atoms with Gasteiger partial charge in [-0.15, -0.1) is 11.3 Å². The summed E-state index contributed by atoms with van der Waals surface area (Å²) in [4.78, 5) is 16.6. The van der Waals surface area contributed by atoms with Gasteiger partial charge in [-0.05, 0) is 62.4 Å². The minimum Gasteiger partial charge on any atom is -0.494 e. The van der Waals surface area contributed by atoms with E-state index in [2.05, 4.69) is 10.3 Å². The average molecular weight is 413 g/mol. The molecule has 0 unspecified atom stereocenters. The van der Waals surface area contributed by atoms with Crippen molar-refractivity contribution >= 4 is 17.2 Å². The van der Waals surface area contributed by atoms with Crippen molar-refractivity contribution in [1.29, 1.82) is 0 Å². The third-order valence-corrected chi connectivity index (χ3v) is 4.78. The van der Waals surface area contributed by atoms with Gasteiger partial charge in [0.1, 0.15) is 30.5 Å². The maximum atomic E-state index is 12.2. The van der Waals surface area contributed by atoms with Crippen molar-refractivity contribution in [2.24, 2.45) is 0 Å². The van der Waals surface area contributed by atoms with E-state index in [0.717, 1.165) is 22.2 Å². The molecule has 1 aromatic heterocycles. The summed E-state index contributed by atoms with van der Waals surface area (Å²) in [5.41, 5.74) is 1.48. The Hall–Kier alpha value is -3.06. The Morgan fingerprint density at radius 1 is 0.966 bits per heavy atom. The van der Waals surface area contributed by atoms with Gasteiger partial charge in [-0.2, -0.15) is 0 Å². The van der Waals surface area contributed by atoms with Gasteiger partial charge in [-0.25, -0.2) is 4.98 Å². The summed E-state index contributed by atoms with van der Waals surface area (Å²) in [6, 6.07) is 14.5. The molecule has 1 N–H and O–H groups in total. The predicted octanol–water partition coefficient (Wildman–Crippen LogP) is 4.24. The van der Waals surface area contributed by atoms with Gasteiger partial charge in [-0.3, -0.25) is 4.79 Å². The van der Waals surface area contributed by atoms with Crippen molar-refractivity contribution in [1.82, 2.24) is 10.3 Å². The number of aryl methyl sites for hydroxylation is 1. The molecule has 0 aliphatic rings. The number of hydrogen-bond acceptors (Lipinski definition) is 6. The molecule has 0 saturated carbocycles. The minimum atomic E-state index is -0.151. The number of thiazole rings is 1. The number of ether oxygens (including phenoxy) is 3. The van der Waals surface area contributed by atoms with Crippen molar-refractivity contribution in [3.63, 3.8) is 0 Å². The molecule has 0 atom stereocenters. The Labute approximate surface area is 174 Å². The molecule has 0 bridgehead atoms. The second-order valence-electron chi connectivity index (χ2n) is 6.18. The molecular weight excluding hydrogens is 388 g/mol. The van der Waals surface area contributed by atoms with E-state index in [1.165, 1.54) is 0 Å². The highest BCUT2D eigenvalue weighted by molar-refractivity contribution is 7.09. The van der Waals surface area contributed by atoms with Crippen LogP contribution in [-0.2, 0) is 6.61 Å². The zero-order valence-electron chi connectivity index (χ0n) is 16.5. The van der Waals surface area contributed by atoms with Crippen LogP contribution in [-0.4, -0.2) is 30.6 Å². The molecule has 0 aliphatic carbocycles. The first kappa shape index (κ1) is 20.7. The lowest BCUT2D eigenvalue weighted by Crippen LogP contribution is -2.28. The fraction of sp³-hybridized carbons (Fsp3) is 0.273. The Kier molecular flexibility index (Phi) is 7.47. The van der Waals surface area contributed by atoms with E-state index in [4.69, 9.17) is 14.2 Å². The molecule has 1 amide bonds. The fourth-order valence-corrected chi connectivity index (χ4v) is 3.17. The first-order chi connectivity index (χ1) is 14.1. The van der Waals surface area contributed by atoms with E-state index in [1.807, 2.05) is 43.5 Å². The Balaban J connectivity index is 1.38. The Bertz CT molecular complexity index is 907. The normalized spacial score (nSPS) is 10.4. The van der Waals surface area contributed by atoms with Gasteiger partial charge in [0.2, 0.25) is 0 Å². The summed E-state index contributed by atoms with van der Waals surface area (Å²) >= 11 is 1.60. The number of benzene rings is 2. The lowest BCUT2D eigenvalue weighted by atomic mass is 10.2. The number of carbonyl (C=O) groups is 1. The molecular formula is C22H24N2O4S. The van der Waals surface area contributed by atoms with E-state index in [9.17, 15) is 4.79 Å². The van der Waals surface area contributed by atoms with Gasteiger partial charge < -0.3 is 19.5 Å². The minimum absolute atomic E-state index is 0.151. The average Bonchev–Trinajstić information content (AvgIpc) is 3.16. The van der Waals surface area contributed by atoms with Crippen molar-refractivity contribution < 1.29 is 19.0 Å². The van der Waals surface area contributed by atoms with E-state index in [0.29, 0.717) is 37.7 Å². The molecule has 7 heteroatoms. The first-order valence-corrected chi connectivity index (χ1v) is 10.3. The number of carbonyl (C=O) groups excluding carboxylic acids is 1.